The van der Waals surface area contributed by atoms with Crippen LogP contribution in [0.5, 0.6) is 0 Å². The zero-order valence-corrected chi connectivity index (χ0v) is 36.9. The second kappa shape index (κ2) is 16.4. The first kappa shape index (κ1) is 39.2. The molecule has 0 aliphatic carbocycles. The van der Waals surface area contributed by atoms with Gasteiger partial charge in [-0.2, -0.15) is 0 Å². The Bertz CT molecular complexity index is 3910. The van der Waals surface area contributed by atoms with E-state index in [4.69, 9.17) is 15.0 Å². The smallest absolute Gasteiger partial charge is 0.164 e. The van der Waals surface area contributed by atoms with E-state index in [0.717, 1.165) is 83.5 Å². The van der Waals surface area contributed by atoms with Gasteiger partial charge in [0.15, 0.2) is 17.5 Å². The lowest BCUT2D eigenvalue weighted by Gasteiger charge is -2.19. The molecule has 13 aromatic rings. The van der Waals surface area contributed by atoms with E-state index in [2.05, 4.69) is 240 Å². The third-order valence-electron chi connectivity index (χ3n) is 13.2. The molecule has 68 heavy (non-hydrogen) atoms. The van der Waals surface area contributed by atoms with E-state index in [1.165, 1.54) is 21.5 Å². The second-order valence-electron chi connectivity index (χ2n) is 17.2. The Balaban J connectivity index is 1.02. The summed E-state index contributed by atoms with van der Waals surface area (Å²) >= 11 is 0. The molecule has 13 rings (SSSR count). The number of para-hydroxylation sites is 5. The van der Waals surface area contributed by atoms with Gasteiger partial charge >= 0.3 is 0 Å². The zero-order valence-electron chi connectivity index (χ0n) is 36.9. The lowest BCUT2D eigenvalue weighted by atomic mass is 9.94. The Morgan fingerprint density at radius 2 is 0.603 bits per heavy atom. The minimum atomic E-state index is 0.595. The van der Waals surface area contributed by atoms with Gasteiger partial charge in [0.1, 0.15) is 0 Å². The van der Waals surface area contributed by atoms with Gasteiger partial charge in [-0.05, 0) is 53.1 Å². The molecule has 5 heteroatoms. The lowest BCUT2D eigenvalue weighted by molar-refractivity contribution is 1.07. The summed E-state index contributed by atoms with van der Waals surface area (Å²) in [5.41, 5.74) is 16.1. The van der Waals surface area contributed by atoms with Crippen LogP contribution in [0, 0.1) is 0 Å². The Morgan fingerprint density at radius 1 is 0.235 bits per heavy atom. The van der Waals surface area contributed by atoms with E-state index >= 15 is 0 Å². The number of benzene rings is 10. The fraction of sp³-hybridized carbons (Fsp3) is 0. The van der Waals surface area contributed by atoms with Crippen molar-refractivity contribution in [3.05, 3.63) is 249 Å². The molecule has 0 bridgehead atoms. The Kier molecular flexibility index (Phi) is 9.43. The molecule has 0 N–H and O–H groups in total. The molecule has 0 aliphatic heterocycles. The Labute approximate surface area is 393 Å². The summed E-state index contributed by atoms with van der Waals surface area (Å²) in [7, 11) is 0. The van der Waals surface area contributed by atoms with Gasteiger partial charge in [-0.15, -0.1) is 0 Å². The van der Waals surface area contributed by atoms with Crippen molar-refractivity contribution in [2.75, 3.05) is 0 Å². The summed E-state index contributed by atoms with van der Waals surface area (Å²) in [5, 5.41) is 4.85. The number of nitrogens with zero attached hydrogens (tertiary/aromatic N) is 5. The summed E-state index contributed by atoms with van der Waals surface area (Å²) in [6.45, 7) is 0. The van der Waals surface area contributed by atoms with Crippen molar-refractivity contribution in [3.63, 3.8) is 0 Å². The summed E-state index contributed by atoms with van der Waals surface area (Å²) in [4.78, 5) is 15.9. The number of rotatable bonds is 8. The fourth-order valence-electron chi connectivity index (χ4n) is 10.1. The quantitative estimate of drug-likeness (QED) is 0.153. The average Bonchev–Trinajstić information content (AvgIpc) is 3.94. The Morgan fingerprint density at radius 3 is 1.13 bits per heavy atom. The van der Waals surface area contributed by atoms with Gasteiger partial charge in [-0.25, -0.2) is 15.0 Å². The molecule has 0 atom stereocenters. The van der Waals surface area contributed by atoms with Crippen LogP contribution in [0.25, 0.3) is 123 Å². The SMILES string of the molecule is c1ccc(-c2nc(-c3cccc(-c4cccc(-c5ccccc5)c4-n4c5ccccc5c5ccccc54)c3)nc(-c3ccc(-c4ccccc4)c(-n4c5ccccc5c5ccccc54)c3)n2)cc1. The van der Waals surface area contributed by atoms with Crippen LogP contribution in [0.3, 0.4) is 0 Å². The maximum Gasteiger partial charge on any atom is 0.164 e. The van der Waals surface area contributed by atoms with E-state index in [-0.39, 0.29) is 0 Å². The monoisotopic (exact) mass is 867 g/mol. The van der Waals surface area contributed by atoms with Gasteiger partial charge < -0.3 is 9.13 Å². The normalized spacial score (nSPS) is 11.5. The molecule has 0 aliphatic rings. The Hall–Kier alpha value is -9.19. The number of hydrogen-bond donors (Lipinski definition) is 0. The highest BCUT2D eigenvalue weighted by atomic mass is 15.0. The zero-order chi connectivity index (χ0) is 45.0. The van der Waals surface area contributed by atoms with E-state index in [1.54, 1.807) is 0 Å². The summed E-state index contributed by atoms with van der Waals surface area (Å²) in [6, 6.07) is 88.2. The molecule has 0 fully saturated rings. The van der Waals surface area contributed by atoms with Crippen molar-refractivity contribution in [3.8, 4) is 78.9 Å². The van der Waals surface area contributed by atoms with Crippen LogP contribution in [0.2, 0.25) is 0 Å². The molecule has 5 nitrogen and oxygen atoms in total. The van der Waals surface area contributed by atoms with Crippen molar-refractivity contribution < 1.29 is 0 Å². The third kappa shape index (κ3) is 6.59. The van der Waals surface area contributed by atoms with Crippen LogP contribution in [-0.2, 0) is 0 Å². The van der Waals surface area contributed by atoms with Crippen LogP contribution in [0.1, 0.15) is 0 Å². The average molecular weight is 868 g/mol. The van der Waals surface area contributed by atoms with Gasteiger partial charge in [-0.3, -0.25) is 0 Å². The number of aromatic nitrogens is 5. The predicted octanol–water partition coefficient (Wildman–Crippen LogP) is 16.1. The van der Waals surface area contributed by atoms with Crippen LogP contribution < -0.4 is 0 Å². The first-order chi connectivity index (χ1) is 33.7. The second-order valence-corrected chi connectivity index (χ2v) is 17.2. The molecule has 0 radical (unpaired) electrons. The standard InChI is InChI=1S/C63H41N5/c1-4-20-42(21-5-1)48-39-38-47(41-59(48)67-55-34-14-10-28-51(55)52-29-11-15-35-56(52)67)63-65-61(44-24-8-3-9-25-44)64-62(66-63)46-27-18-26-45(40-46)50-33-19-32-49(43-22-6-2-7-23-43)60(50)68-57-36-16-12-30-53(57)54-31-13-17-37-58(54)68/h1-41H. The minimum absolute atomic E-state index is 0.595. The highest BCUT2D eigenvalue weighted by molar-refractivity contribution is 6.11. The van der Waals surface area contributed by atoms with Crippen LogP contribution >= 0.6 is 0 Å². The molecule has 0 saturated carbocycles. The molecule has 0 amide bonds. The maximum atomic E-state index is 5.37. The van der Waals surface area contributed by atoms with Crippen molar-refractivity contribution >= 4 is 43.6 Å². The molecular weight excluding hydrogens is 827 g/mol. The van der Waals surface area contributed by atoms with Crippen LogP contribution in [-0.4, -0.2) is 24.1 Å². The highest BCUT2D eigenvalue weighted by Crippen LogP contribution is 2.43. The topological polar surface area (TPSA) is 48.5 Å². The predicted molar refractivity (Wildman–Crippen MR) is 281 cm³/mol. The number of hydrogen-bond acceptors (Lipinski definition) is 3. The van der Waals surface area contributed by atoms with Gasteiger partial charge in [0, 0.05) is 54.9 Å². The van der Waals surface area contributed by atoms with Crippen molar-refractivity contribution in [2.24, 2.45) is 0 Å². The van der Waals surface area contributed by atoms with E-state index < -0.39 is 0 Å². The molecule has 0 unspecified atom stereocenters. The molecular formula is C63H41N5. The molecule has 0 saturated heterocycles. The van der Waals surface area contributed by atoms with Gasteiger partial charge in [-0.1, -0.05) is 212 Å². The van der Waals surface area contributed by atoms with Crippen molar-refractivity contribution in [1.82, 2.24) is 24.1 Å². The van der Waals surface area contributed by atoms with E-state index in [0.29, 0.717) is 17.5 Å². The highest BCUT2D eigenvalue weighted by Gasteiger charge is 2.22. The summed E-state index contributed by atoms with van der Waals surface area (Å²) in [6.07, 6.45) is 0. The van der Waals surface area contributed by atoms with Crippen LogP contribution in [0.15, 0.2) is 249 Å². The van der Waals surface area contributed by atoms with Gasteiger partial charge in [0.05, 0.1) is 33.4 Å². The molecule has 318 valence electrons. The van der Waals surface area contributed by atoms with E-state index in [1.807, 2.05) is 18.2 Å². The van der Waals surface area contributed by atoms with Gasteiger partial charge in [0.25, 0.3) is 0 Å². The van der Waals surface area contributed by atoms with Crippen LogP contribution in [0.4, 0.5) is 0 Å². The first-order valence-electron chi connectivity index (χ1n) is 23.0. The van der Waals surface area contributed by atoms with Crippen molar-refractivity contribution in [1.29, 1.82) is 0 Å². The molecule has 3 heterocycles. The summed E-state index contributed by atoms with van der Waals surface area (Å²) in [5.74, 6) is 1.80. The fourth-order valence-corrected chi connectivity index (χ4v) is 10.1. The molecule has 10 aromatic carbocycles. The van der Waals surface area contributed by atoms with E-state index in [9.17, 15) is 0 Å². The summed E-state index contributed by atoms with van der Waals surface area (Å²) < 4.78 is 4.83. The molecule has 0 spiro atoms. The lowest BCUT2D eigenvalue weighted by Crippen LogP contribution is -2.03. The van der Waals surface area contributed by atoms with Crippen molar-refractivity contribution in [2.45, 2.75) is 0 Å². The largest absolute Gasteiger partial charge is 0.309 e. The first-order valence-corrected chi connectivity index (χ1v) is 23.0. The van der Waals surface area contributed by atoms with Gasteiger partial charge in [0.2, 0.25) is 0 Å². The third-order valence-corrected chi connectivity index (χ3v) is 13.2. The minimum Gasteiger partial charge on any atom is -0.309 e. The maximum absolute atomic E-state index is 5.37. The number of fused-ring (bicyclic) bond motifs is 6. The molecule has 3 aromatic heterocycles.